The molecule has 0 bridgehead atoms. The maximum absolute atomic E-state index is 12.4. The Morgan fingerprint density at radius 2 is 2.08 bits per heavy atom. The number of nitrogens with zero attached hydrogens (tertiary/aromatic N) is 3. The van der Waals surface area contributed by atoms with E-state index in [-0.39, 0.29) is 17.9 Å². The van der Waals surface area contributed by atoms with Gasteiger partial charge in [0.25, 0.3) is 0 Å². The molecule has 7 heteroatoms. The number of aryl methyl sites for hydroxylation is 1. The first-order chi connectivity index (χ1) is 12.3. The van der Waals surface area contributed by atoms with E-state index in [4.69, 9.17) is 11.6 Å². The van der Waals surface area contributed by atoms with Crippen molar-refractivity contribution in [3.8, 4) is 0 Å². The normalized spacial score (nSPS) is 14.3. The highest BCUT2D eigenvalue weighted by Gasteiger charge is 2.23. The second kappa shape index (κ2) is 7.11. The van der Waals surface area contributed by atoms with Crippen molar-refractivity contribution in [3.05, 3.63) is 40.2 Å². The minimum Gasteiger partial charge on any atom is -0.326 e. The molecule has 1 N–H and O–H groups in total. The van der Waals surface area contributed by atoms with E-state index in [0.717, 1.165) is 34.7 Å². The van der Waals surface area contributed by atoms with Crippen LogP contribution in [0.4, 0.5) is 11.4 Å². The summed E-state index contributed by atoms with van der Waals surface area (Å²) in [4.78, 5) is 25.8. The summed E-state index contributed by atoms with van der Waals surface area (Å²) in [5.41, 5.74) is 4.40. The fraction of sp³-hybridized carbons (Fsp3) is 0.421. The predicted octanol–water partition coefficient (Wildman–Crippen LogP) is 3.65. The van der Waals surface area contributed by atoms with Crippen molar-refractivity contribution >= 4 is 34.8 Å². The molecular formula is C19H23ClN4O2. The Labute approximate surface area is 158 Å². The number of nitrogens with one attached hydrogen (secondary N) is 1. The number of amides is 2. The molecule has 0 spiro atoms. The second-order valence-electron chi connectivity index (χ2n) is 6.79. The first-order valence-corrected chi connectivity index (χ1v) is 9.07. The number of benzene rings is 1. The van der Waals surface area contributed by atoms with E-state index in [1.54, 1.807) is 16.5 Å². The van der Waals surface area contributed by atoms with Crippen molar-refractivity contribution in [2.75, 3.05) is 16.8 Å². The molecule has 0 aliphatic carbocycles. The van der Waals surface area contributed by atoms with Crippen molar-refractivity contribution < 1.29 is 9.59 Å². The van der Waals surface area contributed by atoms with Gasteiger partial charge >= 0.3 is 0 Å². The molecule has 1 aromatic carbocycles. The number of hydrogen-bond donors (Lipinski definition) is 1. The average Bonchev–Trinajstić information content (AvgIpc) is 3.11. The third kappa shape index (κ3) is 3.46. The van der Waals surface area contributed by atoms with Crippen LogP contribution in [0.2, 0.25) is 5.02 Å². The lowest BCUT2D eigenvalue weighted by molar-refractivity contribution is -0.117. The molecule has 2 heterocycles. The van der Waals surface area contributed by atoms with Gasteiger partial charge in [0.2, 0.25) is 11.8 Å². The van der Waals surface area contributed by atoms with Crippen molar-refractivity contribution in [3.63, 3.8) is 0 Å². The smallest absolute Gasteiger partial charge is 0.226 e. The van der Waals surface area contributed by atoms with Gasteiger partial charge in [-0.2, -0.15) is 5.10 Å². The van der Waals surface area contributed by atoms with Crippen LogP contribution < -0.4 is 10.2 Å². The Morgan fingerprint density at radius 1 is 1.35 bits per heavy atom. The zero-order valence-corrected chi connectivity index (χ0v) is 16.2. The van der Waals surface area contributed by atoms with Crippen LogP contribution in [0.1, 0.15) is 43.3 Å². The molecule has 0 radical (unpaired) electrons. The maximum atomic E-state index is 12.4. The number of hydrogen-bond acceptors (Lipinski definition) is 3. The molecule has 3 rings (SSSR count). The Morgan fingerprint density at radius 3 is 2.69 bits per heavy atom. The third-order valence-electron chi connectivity index (χ3n) is 4.77. The van der Waals surface area contributed by atoms with Crippen LogP contribution in [0.15, 0.2) is 18.2 Å². The maximum Gasteiger partial charge on any atom is 0.226 e. The van der Waals surface area contributed by atoms with Crippen molar-refractivity contribution in [1.29, 1.82) is 0 Å². The van der Waals surface area contributed by atoms with Gasteiger partial charge in [-0.05, 0) is 51.0 Å². The zero-order chi connectivity index (χ0) is 19.0. The van der Waals surface area contributed by atoms with Crippen LogP contribution in [-0.2, 0) is 16.0 Å². The lowest BCUT2D eigenvalue weighted by atomic mass is 10.1. The van der Waals surface area contributed by atoms with E-state index >= 15 is 0 Å². The molecular weight excluding hydrogens is 352 g/mol. The molecule has 0 fully saturated rings. The monoisotopic (exact) mass is 374 g/mol. The van der Waals surface area contributed by atoms with E-state index in [9.17, 15) is 9.59 Å². The van der Waals surface area contributed by atoms with E-state index in [2.05, 4.69) is 10.4 Å². The molecule has 1 atom stereocenters. The highest BCUT2D eigenvalue weighted by Crippen LogP contribution is 2.31. The van der Waals surface area contributed by atoms with Crippen LogP contribution in [0.3, 0.4) is 0 Å². The fourth-order valence-electron chi connectivity index (χ4n) is 3.45. The van der Waals surface area contributed by atoms with Crippen LogP contribution >= 0.6 is 11.6 Å². The van der Waals surface area contributed by atoms with Crippen molar-refractivity contribution in [2.45, 2.75) is 46.6 Å². The minimum atomic E-state index is -0.0937. The molecule has 1 aromatic heterocycles. The van der Waals surface area contributed by atoms with Crippen molar-refractivity contribution in [2.24, 2.45) is 0 Å². The Balaban J connectivity index is 1.67. The summed E-state index contributed by atoms with van der Waals surface area (Å²) in [6.45, 7) is 7.96. The van der Waals surface area contributed by atoms with Crippen LogP contribution in [-0.4, -0.2) is 28.1 Å². The Kier molecular flexibility index (Phi) is 5.05. The third-order valence-corrected chi connectivity index (χ3v) is 5.32. The first kappa shape index (κ1) is 18.5. The van der Waals surface area contributed by atoms with Gasteiger partial charge in [0, 0.05) is 31.3 Å². The van der Waals surface area contributed by atoms with E-state index in [0.29, 0.717) is 18.0 Å². The molecule has 0 saturated heterocycles. The molecule has 0 saturated carbocycles. The Bertz CT molecular complexity index is 875. The first-order valence-electron chi connectivity index (χ1n) is 8.70. The molecule has 138 valence electrons. The quantitative estimate of drug-likeness (QED) is 0.888. The second-order valence-corrected chi connectivity index (χ2v) is 7.17. The number of carbonyl (C=O) groups is 2. The largest absolute Gasteiger partial charge is 0.326 e. The average molecular weight is 375 g/mol. The topological polar surface area (TPSA) is 67.2 Å². The minimum absolute atomic E-state index is 0.0397. The van der Waals surface area contributed by atoms with Gasteiger partial charge in [0.15, 0.2) is 0 Å². The number of halogens is 1. The van der Waals surface area contributed by atoms with Gasteiger partial charge in [-0.25, -0.2) is 0 Å². The van der Waals surface area contributed by atoms with E-state index < -0.39 is 0 Å². The van der Waals surface area contributed by atoms with Gasteiger partial charge in [-0.3, -0.25) is 14.3 Å². The highest BCUT2D eigenvalue weighted by molar-refractivity contribution is 6.31. The fourth-order valence-corrected chi connectivity index (χ4v) is 3.57. The van der Waals surface area contributed by atoms with Gasteiger partial charge in [0.05, 0.1) is 22.5 Å². The van der Waals surface area contributed by atoms with Gasteiger partial charge in [-0.1, -0.05) is 11.6 Å². The highest BCUT2D eigenvalue weighted by atomic mass is 35.5. The molecule has 26 heavy (non-hydrogen) atoms. The summed E-state index contributed by atoms with van der Waals surface area (Å²) in [7, 11) is 0. The molecule has 1 aliphatic heterocycles. The van der Waals surface area contributed by atoms with E-state index in [1.807, 2.05) is 39.0 Å². The summed E-state index contributed by atoms with van der Waals surface area (Å²) in [6.07, 6.45) is 1.11. The summed E-state index contributed by atoms with van der Waals surface area (Å²) in [5, 5.41) is 7.99. The van der Waals surface area contributed by atoms with Crippen LogP contribution in [0.25, 0.3) is 0 Å². The zero-order valence-electron chi connectivity index (χ0n) is 15.5. The number of rotatable bonds is 4. The predicted molar refractivity (Wildman–Crippen MR) is 103 cm³/mol. The molecule has 1 unspecified atom stereocenters. The van der Waals surface area contributed by atoms with Crippen LogP contribution in [0, 0.1) is 13.8 Å². The Hall–Kier alpha value is -2.34. The number of fused-ring (bicyclic) bond motifs is 1. The van der Waals surface area contributed by atoms with Crippen LogP contribution in [0.5, 0.6) is 0 Å². The number of anilines is 2. The summed E-state index contributed by atoms with van der Waals surface area (Å²) >= 11 is 6.19. The molecule has 1 aliphatic rings. The van der Waals surface area contributed by atoms with Crippen molar-refractivity contribution in [1.82, 2.24) is 9.78 Å². The molecule has 2 aromatic rings. The van der Waals surface area contributed by atoms with Gasteiger partial charge in [-0.15, -0.1) is 0 Å². The number of carbonyl (C=O) groups excluding carboxylic acids is 2. The molecule has 6 nitrogen and oxygen atoms in total. The standard InChI is InChI=1S/C19H23ClN4O2/c1-11(24-13(3)19(20)12(2)22-24)9-18(26)21-16-5-6-17-15(10-16)7-8-23(17)14(4)25/h5-6,10-11H,7-9H2,1-4H3,(H,21,26). The molecule has 2 amide bonds. The lowest BCUT2D eigenvalue weighted by Gasteiger charge is -2.16. The summed E-state index contributed by atoms with van der Waals surface area (Å²) in [6, 6.07) is 5.58. The number of aromatic nitrogens is 2. The lowest BCUT2D eigenvalue weighted by Crippen LogP contribution is -2.25. The summed E-state index contributed by atoms with van der Waals surface area (Å²) < 4.78 is 1.80. The SMILES string of the molecule is CC(=O)N1CCc2cc(NC(=O)CC(C)n3nc(C)c(Cl)c3C)ccc21. The summed E-state index contributed by atoms with van der Waals surface area (Å²) in [5.74, 6) is -0.0412. The van der Waals surface area contributed by atoms with Gasteiger partial charge < -0.3 is 10.2 Å². The van der Waals surface area contributed by atoms with Gasteiger partial charge in [0.1, 0.15) is 0 Å². The van der Waals surface area contributed by atoms with E-state index in [1.165, 1.54) is 0 Å².